The Hall–Kier alpha value is -1.36. The van der Waals surface area contributed by atoms with Crippen molar-refractivity contribution in [1.82, 2.24) is 0 Å². The van der Waals surface area contributed by atoms with Crippen LogP contribution in [0.2, 0.25) is 0 Å². The number of anilines is 1. The maximum absolute atomic E-state index is 12.4. The van der Waals surface area contributed by atoms with E-state index in [1.807, 2.05) is 25.1 Å². The Morgan fingerprint density at radius 1 is 1.50 bits per heavy atom. The molecular weight excluding hydrogens is 296 g/mol. The van der Waals surface area contributed by atoms with Gasteiger partial charge in [-0.2, -0.15) is 0 Å². The summed E-state index contributed by atoms with van der Waals surface area (Å²) in [6.45, 7) is 1.95. The molecule has 0 spiro atoms. The number of ketones is 1. The Morgan fingerprint density at radius 3 is 2.83 bits per heavy atom. The molecule has 96 valence electrons. The van der Waals surface area contributed by atoms with E-state index >= 15 is 0 Å². The summed E-state index contributed by atoms with van der Waals surface area (Å²) in [4.78, 5) is 23.4. The van der Waals surface area contributed by atoms with Crippen LogP contribution < -0.4 is 11.1 Å². The number of rotatable bonds is 3. The van der Waals surface area contributed by atoms with Crippen LogP contribution in [0.4, 0.5) is 5.69 Å². The van der Waals surface area contributed by atoms with Gasteiger partial charge in [0.1, 0.15) is 0 Å². The molecule has 1 amide bonds. The van der Waals surface area contributed by atoms with Gasteiger partial charge in [-0.1, -0.05) is 22.9 Å². The molecule has 5 heteroatoms. The highest BCUT2D eigenvalue weighted by atomic mass is 79.9. The van der Waals surface area contributed by atoms with Crippen molar-refractivity contribution in [1.29, 1.82) is 0 Å². The second-order valence-electron chi connectivity index (χ2n) is 4.49. The third-order valence-corrected chi connectivity index (χ3v) is 3.76. The predicted octanol–water partition coefficient (Wildman–Crippen LogP) is 2.33. The molecule has 0 radical (unpaired) electrons. The normalized spacial score (nSPS) is 22.2. The van der Waals surface area contributed by atoms with Crippen LogP contribution >= 0.6 is 15.9 Å². The minimum Gasteiger partial charge on any atom is -0.380 e. The molecule has 0 saturated heterocycles. The van der Waals surface area contributed by atoms with Crippen molar-refractivity contribution in [2.75, 3.05) is 5.32 Å². The number of primary amides is 1. The van der Waals surface area contributed by atoms with Crippen molar-refractivity contribution in [2.45, 2.75) is 25.8 Å². The Morgan fingerprint density at radius 2 is 2.22 bits per heavy atom. The third-order valence-electron chi connectivity index (χ3n) is 3.27. The fourth-order valence-electron chi connectivity index (χ4n) is 2.41. The van der Waals surface area contributed by atoms with Crippen LogP contribution in [0.25, 0.3) is 0 Å². The Labute approximate surface area is 114 Å². The first-order valence-electron chi connectivity index (χ1n) is 5.91. The van der Waals surface area contributed by atoms with Crippen LogP contribution in [0.15, 0.2) is 22.7 Å². The zero-order valence-corrected chi connectivity index (χ0v) is 11.7. The van der Waals surface area contributed by atoms with E-state index < -0.39 is 0 Å². The van der Waals surface area contributed by atoms with E-state index in [0.29, 0.717) is 12.0 Å². The maximum Gasteiger partial charge on any atom is 0.219 e. The van der Waals surface area contributed by atoms with Gasteiger partial charge in [-0.15, -0.1) is 0 Å². The number of nitrogens with one attached hydrogen (secondary N) is 1. The lowest BCUT2D eigenvalue weighted by Crippen LogP contribution is -2.41. The number of hydrogen-bond acceptors (Lipinski definition) is 3. The average molecular weight is 311 g/mol. The van der Waals surface area contributed by atoms with E-state index in [1.54, 1.807) is 0 Å². The third kappa shape index (κ3) is 2.41. The molecule has 2 rings (SSSR count). The number of hydrogen-bond donors (Lipinski definition) is 2. The van der Waals surface area contributed by atoms with Crippen molar-refractivity contribution in [3.05, 3.63) is 28.2 Å². The summed E-state index contributed by atoms with van der Waals surface area (Å²) in [6, 6.07) is 5.33. The first-order valence-corrected chi connectivity index (χ1v) is 6.70. The molecule has 18 heavy (non-hydrogen) atoms. The van der Waals surface area contributed by atoms with Crippen molar-refractivity contribution in [3.63, 3.8) is 0 Å². The maximum atomic E-state index is 12.4. The minimum absolute atomic E-state index is 0.0822. The quantitative estimate of drug-likeness (QED) is 0.900. The second-order valence-corrected chi connectivity index (χ2v) is 5.41. The lowest BCUT2D eigenvalue weighted by Gasteiger charge is -2.32. The van der Waals surface area contributed by atoms with Gasteiger partial charge in [0.25, 0.3) is 0 Å². The van der Waals surface area contributed by atoms with Gasteiger partial charge in [0.2, 0.25) is 5.91 Å². The second kappa shape index (κ2) is 5.10. The van der Waals surface area contributed by atoms with Gasteiger partial charge in [0, 0.05) is 34.1 Å². The first-order chi connectivity index (χ1) is 8.52. The molecule has 3 N–H and O–H groups in total. The van der Waals surface area contributed by atoms with Gasteiger partial charge < -0.3 is 11.1 Å². The van der Waals surface area contributed by atoms with Crippen LogP contribution in [-0.2, 0) is 4.79 Å². The van der Waals surface area contributed by atoms with Gasteiger partial charge in [0.05, 0.1) is 0 Å². The van der Waals surface area contributed by atoms with Gasteiger partial charge >= 0.3 is 0 Å². The molecule has 2 unspecified atom stereocenters. The van der Waals surface area contributed by atoms with E-state index in [-0.39, 0.29) is 30.1 Å². The van der Waals surface area contributed by atoms with E-state index in [2.05, 4.69) is 21.2 Å². The standard InChI is InChI=1S/C13H15BrN2O2/c1-2-8-11(6-12(15)17)16-10-4-3-7(14)5-9(10)13(8)18/h3-5,8,11,16H,2,6H2,1H3,(H2,15,17). The molecule has 1 aromatic carbocycles. The lowest BCUT2D eigenvalue weighted by molar-refractivity contribution is -0.118. The molecule has 2 atom stereocenters. The molecule has 1 heterocycles. The predicted molar refractivity (Wildman–Crippen MR) is 73.5 cm³/mol. The van der Waals surface area contributed by atoms with Crippen molar-refractivity contribution in [3.8, 4) is 0 Å². The van der Waals surface area contributed by atoms with E-state index in [4.69, 9.17) is 5.73 Å². The van der Waals surface area contributed by atoms with Gasteiger partial charge in [0.15, 0.2) is 5.78 Å². The summed E-state index contributed by atoms with van der Waals surface area (Å²) >= 11 is 3.36. The Bertz CT molecular complexity index is 502. The first kappa shape index (κ1) is 13.1. The van der Waals surface area contributed by atoms with Crippen LogP contribution in [0.3, 0.4) is 0 Å². The van der Waals surface area contributed by atoms with E-state index in [0.717, 1.165) is 10.2 Å². The molecule has 0 saturated carbocycles. The summed E-state index contributed by atoms with van der Waals surface area (Å²) in [5, 5.41) is 3.24. The molecular formula is C13H15BrN2O2. The summed E-state index contributed by atoms with van der Waals surface area (Å²) in [5.74, 6) is -0.502. The topological polar surface area (TPSA) is 72.2 Å². The number of Topliss-reactive ketones (excluding diaryl/α,β-unsaturated/α-hetero) is 1. The van der Waals surface area contributed by atoms with E-state index in [9.17, 15) is 9.59 Å². The monoisotopic (exact) mass is 310 g/mol. The summed E-state index contributed by atoms with van der Waals surface area (Å²) < 4.78 is 0.875. The number of carbonyl (C=O) groups excluding carboxylic acids is 2. The highest BCUT2D eigenvalue weighted by molar-refractivity contribution is 9.10. The Kier molecular flexibility index (Phi) is 3.71. The number of carbonyl (C=O) groups is 2. The summed E-state index contributed by atoms with van der Waals surface area (Å²) in [7, 11) is 0. The Balaban J connectivity index is 2.38. The zero-order chi connectivity index (χ0) is 13.3. The lowest BCUT2D eigenvalue weighted by atomic mass is 9.82. The van der Waals surface area contributed by atoms with Crippen molar-refractivity contribution in [2.24, 2.45) is 11.7 Å². The molecule has 0 aliphatic carbocycles. The summed E-state index contributed by atoms with van der Waals surface area (Å²) in [5.41, 5.74) is 6.69. The van der Waals surface area contributed by atoms with Crippen LogP contribution in [-0.4, -0.2) is 17.7 Å². The highest BCUT2D eigenvalue weighted by Gasteiger charge is 2.34. The zero-order valence-electron chi connectivity index (χ0n) is 10.1. The molecule has 0 bridgehead atoms. The number of amides is 1. The van der Waals surface area contributed by atoms with Gasteiger partial charge in [-0.3, -0.25) is 9.59 Å². The fraction of sp³-hybridized carbons (Fsp3) is 0.385. The number of halogens is 1. The minimum atomic E-state index is -0.390. The molecule has 1 aromatic rings. The molecule has 1 aliphatic rings. The van der Waals surface area contributed by atoms with Gasteiger partial charge in [-0.25, -0.2) is 0 Å². The van der Waals surface area contributed by atoms with Crippen molar-refractivity contribution >= 4 is 33.3 Å². The van der Waals surface area contributed by atoms with Crippen LogP contribution in [0.1, 0.15) is 30.1 Å². The smallest absolute Gasteiger partial charge is 0.219 e. The van der Waals surface area contributed by atoms with E-state index in [1.165, 1.54) is 0 Å². The molecule has 0 aromatic heterocycles. The fourth-order valence-corrected chi connectivity index (χ4v) is 2.77. The molecule has 4 nitrogen and oxygen atoms in total. The van der Waals surface area contributed by atoms with Crippen molar-refractivity contribution < 1.29 is 9.59 Å². The summed E-state index contributed by atoms with van der Waals surface area (Å²) in [6.07, 6.45) is 0.871. The molecule has 0 fully saturated rings. The molecule has 1 aliphatic heterocycles. The van der Waals surface area contributed by atoms with Crippen LogP contribution in [0, 0.1) is 5.92 Å². The average Bonchev–Trinajstić information content (AvgIpc) is 2.30. The van der Waals surface area contributed by atoms with Crippen LogP contribution in [0.5, 0.6) is 0 Å². The van der Waals surface area contributed by atoms with Gasteiger partial charge in [-0.05, 0) is 24.6 Å². The number of benzene rings is 1. The SMILES string of the molecule is CCC1C(=O)c2cc(Br)ccc2NC1CC(N)=O. The largest absolute Gasteiger partial charge is 0.380 e. The number of fused-ring (bicyclic) bond motifs is 1. The number of nitrogens with two attached hydrogens (primary N) is 1. The highest BCUT2D eigenvalue weighted by Crippen LogP contribution is 2.33.